The Bertz CT molecular complexity index is 1090. The Kier molecular flexibility index (Phi) is 4.81. The number of aliphatic hydroxyl groups excluding tert-OH is 3. The number of halogens is 2. The number of hydrogen-bond acceptors (Lipinski definition) is 7. The van der Waals surface area contributed by atoms with Crippen LogP contribution in [0.1, 0.15) is 17.9 Å². The normalized spacial score (nSPS) is 26.8. The molecular weight excluding hydrogens is 393 g/mol. The molecule has 11 heteroatoms. The second kappa shape index (κ2) is 7.15. The molecule has 28 heavy (non-hydrogen) atoms. The predicted molar refractivity (Wildman–Crippen MR) is 96.1 cm³/mol. The second-order valence-electron chi connectivity index (χ2n) is 6.43. The Labute approximate surface area is 162 Å². The van der Waals surface area contributed by atoms with Crippen LogP contribution in [0.15, 0.2) is 41.9 Å². The summed E-state index contributed by atoms with van der Waals surface area (Å²) < 4.78 is 21.0. The van der Waals surface area contributed by atoms with Crippen molar-refractivity contribution in [2.45, 2.75) is 30.6 Å². The minimum Gasteiger partial charge on any atom is -0.387 e. The fraction of sp³-hybridized carbons (Fsp3) is 0.294. The molecule has 4 rings (SSSR count). The van der Waals surface area contributed by atoms with Crippen LogP contribution in [0, 0.1) is 5.82 Å². The Morgan fingerprint density at radius 3 is 2.82 bits per heavy atom. The van der Waals surface area contributed by atoms with Gasteiger partial charge in [0.25, 0.3) is 0 Å². The van der Waals surface area contributed by atoms with Gasteiger partial charge in [-0.15, -0.1) is 0 Å². The smallest absolute Gasteiger partial charge is 0.183 e. The average Bonchev–Trinajstić information content (AvgIpc) is 3.25. The molecule has 0 aliphatic carbocycles. The van der Waals surface area contributed by atoms with Crippen LogP contribution >= 0.6 is 11.6 Å². The third-order valence-corrected chi connectivity index (χ3v) is 5.12. The van der Waals surface area contributed by atoms with Gasteiger partial charge in [-0.1, -0.05) is 17.7 Å². The molecule has 1 fully saturated rings. The third-order valence-electron chi connectivity index (χ3n) is 4.81. The van der Waals surface area contributed by atoms with Gasteiger partial charge < -0.3 is 35.5 Å². The van der Waals surface area contributed by atoms with Gasteiger partial charge >= 0.3 is 0 Å². The van der Waals surface area contributed by atoms with E-state index < -0.39 is 36.5 Å². The van der Waals surface area contributed by atoms with E-state index >= 15 is 0 Å². The number of rotatable bonds is 3. The molecule has 1 aromatic carbocycles. The first-order valence-electron chi connectivity index (χ1n) is 8.35. The fourth-order valence-electron chi connectivity index (χ4n) is 3.38. The highest BCUT2D eigenvalue weighted by Crippen LogP contribution is 2.37. The van der Waals surface area contributed by atoms with Crippen molar-refractivity contribution in [3.05, 3.63) is 58.7 Å². The lowest BCUT2D eigenvalue weighted by Gasteiger charge is -2.21. The molecule has 1 aliphatic heterocycles. The molecule has 1 aliphatic rings. The van der Waals surface area contributed by atoms with Crippen LogP contribution in [0.25, 0.3) is 11.0 Å². The minimum atomic E-state index is -1.42. The number of hydrogen-bond donors (Lipinski definition) is 5. The quantitative estimate of drug-likeness (QED) is 0.311. The van der Waals surface area contributed by atoms with Gasteiger partial charge in [-0.2, -0.15) is 5.10 Å². The molecule has 0 bridgehead atoms. The van der Waals surface area contributed by atoms with Gasteiger partial charge in [0, 0.05) is 6.20 Å². The number of fused-ring (bicyclic) bond motifs is 1. The van der Waals surface area contributed by atoms with Gasteiger partial charge in [0.2, 0.25) is 0 Å². The topological polar surface area (TPSA) is 142 Å². The fourth-order valence-corrected chi connectivity index (χ4v) is 3.50. The highest BCUT2D eigenvalue weighted by atomic mass is 35.5. The van der Waals surface area contributed by atoms with Crippen molar-refractivity contribution in [1.29, 1.82) is 0 Å². The summed E-state index contributed by atoms with van der Waals surface area (Å²) in [7, 11) is 0. The molecule has 0 spiro atoms. The molecule has 3 heterocycles. The summed E-state index contributed by atoms with van der Waals surface area (Å²) in [6, 6.07) is 5.45. The maximum Gasteiger partial charge on any atom is 0.183 e. The van der Waals surface area contributed by atoms with Crippen LogP contribution in [0.5, 0.6) is 0 Å². The van der Waals surface area contributed by atoms with Gasteiger partial charge in [-0.05, 0) is 23.8 Å². The van der Waals surface area contributed by atoms with Crippen LogP contribution in [0.2, 0.25) is 5.02 Å². The van der Waals surface area contributed by atoms with Crippen LogP contribution in [-0.2, 0) is 4.74 Å². The summed E-state index contributed by atoms with van der Waals surface area (Å²) >= 11 is 5.66. The summed E-state index contributed by atoms with van der Waals surface area (Å²) in [5, 5.41) is 35.6. The molecule has 0 radical (unpaired) electrons. The Hall–Kier alpha value is -2.50. The summed E-state index contributed by atoms with van der Waals surface area (Å²) in [5.74, 6) is 4.61. The van der Waals surface area contributed by atoms with E-state index in [9.17, 15) is 19.7 Å². The van der Waals surface area contributed by atoms with Crippen molar-refractivity contribution < 1.29 is 24.4 Å². The lowest BCUT2D eigenvalue weighted by Crippen LogP contribution is -2.34. The first-order chi connectivity index (χ1) is 13.4. The van der Waals surface area contributed by atoms with E-state index in [2.05, 4.69) is 15.1 Å². The van der Waals surface area contributed by atoms with Crippen molar-refractivity contribution >= 4 is 22.6 Å². The third kappa shape index (κ3) is 2.95. The van der Waals surface area contributed by atoms with Crippen molar-refractivity contribution in [2.75, 3.05) is 0 Å². The van der Waals surface area contributed by atoms with Crippen molar-refractivity contribution in [1.82, 2.24) is 14.5 Å². The molecule has 148 valence electrons. The summed E-state index contributed by atoms with van der Waals surface area (Å²) in [6.07, 6.45) is -3.39. The molecule has 5 atom stereocenters. The zero-order chi connectivity index (χ0) is 20.0. The van der Waals surface area contributed by atoms with Crippen LogP contribution in [-0.4, -0.2) is 48.2 Å². The van der Waals surface area contributed by atoms with E-state index in [0.717, 1.165) is 6.07 Å². The first kappa shape index (κ1) is 18.8. The number of nitrogens with two attached hydrogens (primary N) is 1. The number of H-pyrrole nitrogens is 1. The maximum atomic E-state index is 13.7. The average molecular weight is 410 g/mol. The standard InChI is InChI=1S/C17H17ClFN5O4/c18-9-2-1-7(5-10(9)19)11(25)14-12(26)13(27)17(28-14)24-4-3-8-15(23-20)21-6-22-16(8)24/h1-6,11-14,17,25-27H,20H2,(H,21,22,23)/t11?,12-,13+,14+,17+/m0/s1. The van der Waals surface area contributed by atoms with E-state index in [1.165, 1.54) is 23.0 Å². The summed E-state index contributed by atoms with van der Waals surface area (Å²) in [5.41, 5.74) is 0.952. The number of ether oxygens (including phenoxy) is 1. The van der Waals surface area contributed by atoms with Crippen LogP contribution in [0.4, 0.5) is 4.39 Å². The van der Waals surface area contributed by atoms with Gasteiger partial charge in [0.15, 0.2) is 11.7 Å². The summed E-state index contributed by atoms with van der Waals surface area (Å²) in [6.45, 7) is 0. The lowest BCUT2D eigenvalue weighted by atomic mass is 9.99. The van der Waals surface area contributed by atoms with Gasteiger partial charge in [0.1, 0.15) is 35.9 Å². The molecule has 1 saturated heterocycles. The Morgan fingerprint density at radius 2 is 2.11 bits per heavy atom. The highest BCUT2D eigenvalue weighted by Gasteiger charge is 2.47. The largest absolute Gasteiger partial charge is 0.387 e. The number of aliphatic hydroxyl groups is 3. The molecule has 1 unspecified atom stereocenters. The number of aromatic amines is 1. The van der Waals surface area contributed by atoms with Gasteiger partial charge in [-0.25, -0.2) is 9.37 Å². The van der Waals surface area contributed by atoms with Crippen molar-refractivity contribution in [3.8, 4) is 0 Å². The van der Waals surface area contributed by atoms with Gasteiger partial charge in [0.05, 0.1) is 16.7 Å². The van der Waals surface area contributed by atoms with Crippen molar-refractivity contribution in [2.24, 2.45) is 10.9 Å². The predicted octanol–water partition coefficient (Wildman–Crippen LogP) is 0.284. The first-order valence-corrected chi connectivity index (χ1v) is 8.73. The molecule has 9 nitrogen and oxygen atoms in total. The SMILES string of the molecule is NN=c1nc[nH]c2c1ccn2[C@@H]1O[C@H](C(O)c2ccc(Cl)c(F)c2)[C@@H](O)[C@H]1O. The molecule has 0 amide bonds. The molecular formula is C17H17ClFN5O4. The molecule has 2 aromatic heterocycles. The zero-order valence-electron chi connectivity index (χ0n) is 14.3. The van der Waals surface area contributed by atoms with Crippen molar-refractivity contribution in [3.63, 3.8) is 0 Å². The molecule has 6 N–H and O–H groups in total. The van der Waals surface area contributed by atoms with E-state index in [0.29, 0.717) is 11.0 Å². The number of nitrogens with one attached hydrogen (secondary N) is 1. The summed E-state index contributed by atoms with van der Waals surface area (Å²) in [4.78, 5) is 6.91. The second-order valence-corrected chi connectivity index (χ2v) is 6.84. The Morgan fingerprint density at radius 1 is 1.32 bits per heavy atom. The highest BCUT2D eigenvalue weighted by molar-refractivity contribution is 6.30. The number of aromatic nitrogens is 3. The zero-order valence-corrected chi connectivity index (χ0v) is 15.0. The molecule has 3 aromatic rings. The van der Waals surface area contributed by atoms with E-state index in [1.54, 1.807) is 12.3 Å². The lowest BCUT2D eigenvalue weighted by molar-refractivity contribution is -0.0849. The van der Waals surface area contributed by atoms with E-state index in [1.807, 2.05) is 0 Å². The number of benzene rings is 1. The van der Waals surface area contributed by atoms with Gasteiger partial charge in [-0.3, -0.25) is 0 Å². The van der Waals surface area contributed by atoms with E-state index in [-0.39, 0.29) is 16.1 Å². The maximum absolute atomic E-state index is 13.7. The minimum absolute atomic E-state index is 0.0918. The van der Waals surface area contributed by atoms with E-state index in [4.69, 9.17) is 22.2 Å². The monoisotopic (exact) mass is 409 g/mol. The molecule has 0 saturated carbocycles. The number of nitrogens with zero attached hydrogens (tertiary/aromatic N) is 3. The van der Waals surface area contributed by atoms with Crippen LogP contribution in [0.3, 0.4) is 0 Å². The Balaban J connectivity index is 1.67. The van der Waals surface area contributed by atoms with Crippen LogP contribution < -0.4 is 11.3 Å².